The van der Waals surface area contributed by atoms with Gasteiger partial charge in [-0.3, -0.25) is 13.9 Å². The van der Waals surface area contributed by atoms with Gasteiger partial charge in [-0.2, -0.15) is 0 Å². The molecule has 0 unspecified atom stereocenters. The van der Waals surface area contributed by atoms with Gasteiger partial charge in [0.15, 0.2) is 11.5 Å². The normalized spacial score (nSPS) is 13.2. The summed E-state index contributed by atoms with van der Waals surface area (Å²) in [6.45, 7) is 3.74. The molecule has 4 rings (SSSR count). The second-order valence-electron chi connectivity index (χ2n) is 9.59. The maximum Gasteiger partial charge on any atom is 0.244 e. The van der Waals surface area contributed by atoms with Crippen LogP contribution < -0.4 is 19.1 Å². The van der Waals surface area contributed by atoms with Gasteiger partial charge in [-0.25, -0.2) is 8.42 Å². The highest BCUT2D eigenvalue weighted by Crippen LogP contribution is 2.35. The second-order valence-corrected chi connectivity index (χ2v) is 12.6. The number of carbonyl (C=O) groups is 2. The molecule has 3 aromatic rings. The van der Waals surface area contributed by atoms with Crippen molar-refractivity contribution >= 4 is 50.7 Å². The van der Waals surface area contributed by atoms with Crippen LogP contribution in [-0.2, 0) is 32.6 Å². The molecule has 0 saturated heterocycles. The van der Waals surface area contributed by atoms with Gasteiger partial charge in [0.25, 0.3) is 0 Å². The standard InChI is InChI=1S/C30H33Cl2N3O6S/c1-3-33-30(37)26(16-21-8-6-5-7-9-21)34(19-22-10-11-23(31)17-25(22)32)29(36)20-35(42(38,39)4-2)24-12-13-27-28(18-24)41-15-14-40-27/h5-13,17-18,26H,3-4,14-16,19-20H2,1-2H3,(H,33,37)/t26-/m0/s1. The summed E-state index contributed by atoms with van der Waals surface area (Å²) in [5, 5.41) is 3.56. The van der Waals surface area contributed by atoms with Crippen LogP contribution in [0.5, 0.6) is 11.5 Å². The third kappa shape index (κ3) is 7.67. The van der Waals surface area contributed by atoms with E-state index in [0.29, 0.717) is 46.9 Å². The van der Waals surface area contributed by atoms with Crippen LogP contribution in [-0.4, -0.2) is 63.2 Å². The number of benzene rings is 3. The predicted octanol–water partition coefficient (Wildman–Crippen LogP) is 4.70. The number of amides is 2. The number of anilines is 1. The van der Waals surface area contributed by atoms with Crippen molar-refractivity contribution in [3.8, 4) is 11.5 Å². The summed E-state index contributed by atoms with van der Waals surface area (Å²) in [4.78, 5) is 29.1. The number of hydrogen-bond donors (Lipinski definition) is 1. The Kier molecular flexibility index (Phi) is 10.6. The highest BCUT2D eigenvalue weighted by atomic mass is 35.5. The first-order valence-electron chi connectivity index (χ1n) is 13.6. The van der Waals surface area contributed by atoms with E-state index in [1.807, 2.05) is 30.3 Å². The van der Waals surface area contributed by atoms with Gasteiger partial charge in [-0.05, 0) is 49.2 Å². The molecule has 9 nitrogen and oxygen atoms in total. The second kappa shape index (κ2) is 14.1. The van der Waals surface area contributed by atoms with Gasteiger partial charge in [0.05, 0.1) is 11.4 Å². The van der Waals surface area contributed by atoms with Gasteiger partial charge < -0.3 is 19.7 Å². The quantitative estimate of drug-likeness (QED) is 0.310. The van der Waals surface area contributed by atoms with Crippen LogP contribution in [0.2, 0.25) is 10.0 Å². The van der Waals surface area contributed by atoms with Crippen molar-refractivity contribution in [1.29, 1.82) is 0 Å². The maximum atomic E-state index is 14.2. The molecule has 0 aliphatic carbocycles. The van der Waals surface area contributed by atoms with E-state index in [4.69, 9.17) is 32.7 Å². The van der Waals surface area contributed by atoms with Crippen LogP contribution >= 0.6 is 23.2 Å². The molecule has 1 aliphatic rings. The van der Waals surface area contributed by atoms with Gasteiger partial charge in [0.2, 0.25) is 21.8 Å². The van der Waals surface area contributed by atoms with E-state index >= 15 is 0 Å². The van der Waals surface area contributed by atoms with Crippen molar-refractivity contribution < 1.29 is 27.5 Å². The zero-order valence-corrected chi connectivity index (χ0v) is 25.7. The van der Waals surface area contributed by atoms with E-state index in [-0.39, 0.29) is 30.3 Å². The minimum absolute atomic E-state index is 0.0510. The Balaban J connectivity index is 1.76. The number of sulfonamides is 1. The third-order valence-corrected chi connectivity index (χ3v) is 9.10. The van der Waals surface area contributed by atoms with E-state index in [1.165, 1.54) is 11.8 Å². The lowest BCUT2D eigenvalue weighted by Crippen LogP contribution is -2.53. The Hall–Kier alpha value is -3.47. The molecule has 0 aromatic heterocycles. The Labute approximate surface area is 256 Å². The molecular weight excluding hydrogens is 601 g/mol. The number of nitrogens with zero attached hydrogens (tertiary/aromatic N) is 2. The molecule has 1 heterocycles. The van der Waals surface area contributed by atoms with Crippen LogP contribution in [0.15, 0.2) is 66.7 Å². The van der Waals surface area contributed by atoms with Gasteiger partial charge in [0.1, 0.15) is 25.8 Å². The highest BCUT2D eigenvalue weighted by molar-refractivity contribution is 7.92. The first-order chi connectivity index (χ1) is 20.1. The lowest BCUT2D eigenvalue weighted by molar-refractivity contribution is -0.140. The smallest absolute Gasteiger partial charge is 0.244 e. The SMILES string of the molecule is CCNC(=O)[C@H](Cc1ccccc1)N(Cc1ccc(Cl)cc1Cl)C(=O)CN(c1ccc2c(c1)OCCO2)S(=O)(=O)CC. The van der Waals surface area contributed by atoms with Crippen LogP contribution in [0, 0.1) is 0 Å². The molecule has 2 amide bonds. The molecular formula is C30H33Cl2N3O6S. The van der Waals surface area contributed by atoms with Gasteiger partial charge in [-0.15, -0.1) is 0 Å². The van der Waals surface area contributed by atoms with E-state index in [1.54, 1.807) is 43.3 Å². The van der Waals surface area contributed by atoms with Crippen LogP contribution in [0.3, 0.4) is 0 Å². The summed E-state index contributed by atoms with van der Waals surface area (Å²) in [6.07, 6.45) is 0.203. The molecule has 12 heteroatoms. The Bertz CT molecular complexity index is 1520. The van der Waals surface area contributed by atoms with Crippen LogP contribution in [0.4, 0.5) is 5.69 Å². The fraction of sp³-hybridized carbons (Fsp3) is 0.333. The van der Waals surface area contributed by atoms with E-state index in [0.717, 1.165) is 9.87 Å². The summed E-state index contributed by atoms with van der Waals surface area (Å²) >= 11 is 12.6. The molecule has 42 heavy (non-hydrogen) atoms. The fourth-order valence-electron chi connectivity index (χ4n) is 4.59. The predicted molar refractivity (Wildman–Crippen MR) is 164 cm³/mol. The molecule has 0 fully saturated rings. The minimum atomic E-state index is -3.92. The first-order valence-corrected chi connectivity index (χ1v) is 15.9. The zero-order chi connectivity index (χ0) is 30.3. The average molecular weight is 635 g/mol. The van der Waals surface area contributed by atoms with Crippen molar-refractivity contribution in [3.63, 3.8) is 0 Å². The molecule has 224 valence electrons. The molecule has 0 bridgehead atoms. The lowest BCUT2D eigenvalue weighted by Gasteiger charge is -2.34. The number of ether oxygens (including phenoxy) is 2. The number of rotatable bonds is 12. The number of likely N-dealkylation sites (N-methyl/N-ethyl adjacent to an activating group) is 1. The number of fused-ring (bicyclic) bond motifs is 1. The Morgan fingerprint density at radius 3 is 2.33 bits per heavy atom. The minimum Gasteiger partial charge on any atom is -0.486 e. The van der Waals surface area contributed by atoms with E-state index in [9.17, 15) is 18.0 Å². The summed E-state index contributed by atoms with van der Waals surface area (Å²) in [7, 11) is -3.92. The Morgan fingerprint density at radius 2 is 1.67 bits per heavy atom. The molecule has 3 aromatic carbocycles. The number of nitrogens with one attached hydrogen (secondary N) is 1. The summed E-state index contributed by atoms with van der Waals surface area (Å²) in [6, 6.07) is 18.0. The average Bonchev–Trinajstić information content (AvgIpc) is 2.98. The molecule has 0 saturated carbocycles. The number of hydrogen-bond acceptors (Lipinski definition) is 6. The van der Waals surface area contributed by atoms with Gasteiger partial charge >= 0.3 is 0 Å². The van der Waals surface area contributed by atoms with Crippen molar-refractivity contribution in [2.24, 2.45) is 0 Å². The van der Waals surface area contributed by atoms with Crippen LogP contribution in [0.1, 0.15) is 25.0 Å². The van der Waals surface area contributed by atoms with E-state index in [2.05, 4.69) is 5.32 Å². The van der Waals surface area contributed by atoms with Crippen LogP contribution in [0.25, 0.3) is 0 Å². The largest absolute Gasteiger partial charge is 0.486 e. The van der Waals surface area contributed by atoms with E-state index < -0.39 is 28.5 Å². The number of halogens is 2. The lowest BCUT2D eigenvalue weighted by atomic mass is 10.0. The molecule has 1 atom stereocenters. The fourth-order valence-corrected chi connectivity index (χ4v) is 6.11. The summed E-state index contributed by atoms with van der Waals surface area (Å²) < 4.78 is 39.0. The van der Waals surface area contributed by atoms with Crippen molar-refractivity contribution in [2.75, 3.05) is 36.4 Å². The first kappa shape index (κ1) is 31.5. The maximum absolute atomic E-state index is 14.2. The van der Waals surface area contributed by atoms with Crippen molar-refractivity contribution in [3.05, 3.63) is 87.9 Å². The highest BCUT2D eigenvalue weighted by Gasteiger charge is 2.34. The molecule has 0 radical (unpaired) electrons. The molecule has 1 aliphatic heterocycles. The molecule has 1 N–H and O–H groups in total. The van der Waals surface area contributed by atoms with Gasteiger partial charge in [0, 0.05) is 35.6 Å². The van der Waals surface area contributed by atoms with Crippen molar-refractivity contribution in [1.82, 2.24) is 10.2 Å². The topological polar surface area (TPSA) is 105 Å². The van der Waals surface area contributed by atoms with Crippen molar-refractivity contribution in [2.45, 2.75) is 32.9 Å². The zero-order valence-electron chi connectivity index (χ0n) is 23.4. The summed E-state index contributed by atoms with van der Waals surface area (Å²) in [5.41, 5.74) is 1.64. The van der Waals surface area contributed by atoms with Gasteiger partial charge in [-0.1, -0.05) is 59.6 Å². The summed E-state index contributed by atoms with van der Waals surface area (Å²) in [5.74, 6) is -0.328. The number of carbonyl (C=O) groups excluding carboxylic acids is 2. The monoisotopic (exact) mass is 633 g/mol. The Morgan fingerprint density at radius 1 is 0.952 bits per heavy atom. The third-order valence-electron chi connectivity index (χ3n) is 6.77. The molecule has 0 spiro atoms.